The van der Waals surface area contributed by atoms with E-state index in [9.17, 15) is 14.4 Å². The zero-order valence-corrected chi connectivity index (χ0v) is 18.6. The third-order valence-electron chi connectivity index (χ3n) is 9.20. The summed E-state index contributed by atoms with van der Waals surface area (Å²) in [4.78, 5) is 37.2. The molecule has 0 unspecified atom stereocenters. The molecule has 7 atom stereocenters. The Kier molecular flexibility index (Phi) is 4.53. The average Bonchev–Trinajstić information content (AvgIpc) is 2.85. The smallest absolute Gasteiger partial charge is 0.303 e. The van der Waals surface area contributed by atoms with Crippen molar-refractivity contribution in [3.63, 3.8) is 0 Å². The van der Waals surface area contributed by atoms with Crippen LogP contribution in [0, 0.1) is 34.5 Å². The Bertz CT molecular complexity index is 851. The molecule has 4 aliphatic rings. The van der Waals surface area contributed by atoms with Crippen LogP contribution >= 0.6 is 0 Å². The van der Waals surface area contributed by atoms with Gasteiger partial charge in [0.2, 0.25) is 0 Å². The van der Waals surface area contributed by atoms with E-state index in [4.69, 9.17) is 4.74 Å². The Morgan fingerprint density at radius 2 is 1.83 bits per heavy atom. The molecule has 0 aromatic heterocycles. The lowest BCUT2D eigenvalue weighted by atomic mass is 9.47. The zero-order chi connectivity index (χ0) is 21.4. The zero-order valence-electron chi connectivity index (χ0n) is 18.6. The fourth-order valence-corrected chi connectivity index (χ4v) is 8.01. The van der Waals surface area contributed by atoms with Crippen molar-refractivity contribution in [2.24, 2.45) is 34.5 Å². The number of carbonyl (C=O) groups excluding carboxylic acids is 3. The topological polar surface area (TPSA) is 60.4 Å². The maximum absolute atomic E-state index is 13.0. The summed E-state index contributed by atoms with van der Waals surface area (Å²) in [5, 5.41) is 0. The Labute approximate surface area is 174 Å². The van der Waals surface area contributed by atoms with Gasteiger partial charge in [0.15, 0.2) is 17.2 Å². The molecule has 2 fully saturated rings. The molecule has 4 rings (SSSR count). The maximum atomic E-state index is 13.0. The Balaban J connectivity index is 1.83. The van der Waals surface area contributed by atoms with Crippen molar-refractivity contribution in [2.75, 3.05) is 0 Å². The molecule has 4 aliphatic carbocycles. The maximum Gasteiger partial charge on any atom is 0.303 e. The second kappa shape index (κ2) is 6.39. The van der Waals surface area contributed by atoms with Gasteiger partial charge in [-0.2, -0.15) is 0 Å². The van der Waals surface area contributed by atoms with Crippen molar-refractivity contribution >= 4 is 17.5 Å². The standard InChI is InChI=1S/C25H34O4/c1-14-11-19-20(23(5)9-7-18(28)13-21(14)23)8-10-24(6)22(19)12-15(2)25(24,16(3)26)29-17(4)27/h11,13,15,19-20,22H,7-10,12H2,1-6H3/t15-,19-,20+,22+,23+,24-,25+/m0/s1. The van der Waals surface area contributed by atoms with Crippen LogP contribution in [0.15, 0.2) is 23.3 Å². The molecule has 4 heteroatoms. The van der Waals surface area contributed by atoms with E-state index in [-0.39, 0.29) is 34.3 Å². The number of hydrogen-bond acceptors (Lipinski definition) is 4. The molecular formula is C25H34O4. The minimum absolute atomic E-state index is 0.00374. The van der Waals surface area contributed by atoms with E-state index in [1.54, 1.807) is 6.92 Å². The monoisotopic (exact) mass is 398 g/mol. The van der Waals surface area contributed by atoms with Crippen molar-refractivity contribution in [3.05, 3.63) is 23.3 Å². The predicted octanol–water partition coefficient (Wildman–Crippen LogP) is 4.82. The van der Waals surface area contributed by atoms with Crippen LogP contribution in [0.3, 0.4) is 0 Å². The van der Waals surface area contributed by atoms with E-state index >= 15 is 0 Å². The van der Waals surface area contributed by atoms with E-state index in [2.05, 4.69) is 33.8 Å². The average molecular weight is 399 g/mol. The summed E-state index contributed by atoms with van der Waals surface area (Å²) in [7, 11) is 0. The van der Waals surface area contributed by atoms with Crippen molar-refractivity contribution in [2.45, 2.75) is 79.2 Å². The Morgan fingerprint density at radius 3 is 2.45 bits per heavy atom. The summed E-state index contributed by atoms with van der Waals surface area (Å²) < 4.78 is 5.93. The van der Waals surface area contributed by atoms with E-state index in [0.29, 0.717) is 24.2 Å². The van der Waals surface area contributed by atoms with Gasteiger partial charge < -0.3 is 4.74 Å². The van der Waals surface area contributed by atoms with E-state index in [0.717, 1.165) is 25.7 Å². The van der Waals surface area contributed by atoms with Crippen LogP contribution in [0.5, 0.6) is 0 Å². The Morgan fingerprint density at radius 1 is 1.14 bits per heavy atom. The van der Waals surface area contributed by atoms with Crippen LogP contribution < -0.4 is 0 Å². The molecule has 4 nitrogen and oxygen atoms in total. The molecule has 0 heterocycles. The molecule has 0 bridgehead atoms. The normalized spacial score (nSPS) is 46.1. The van der Waals surface area contributed by atoms with Gasteiger partial charge in [-0.3, -0.25) is 14.4 Å². The first-order valence-electron chi connectivity index (χ1n) is 11.1. The summed E-state index contributed by atoms with van der Waals surface area (Å²) >= 11 is 0. The number of hydrogen-bond donors (Lipinski definition) is 0. The number of carbonyl (C=O) groups is 3. The molecule has 0 amide bonds. The SMILES string of the molecule is CC(=O)O[C@@]1(C(C)=O)[C@@H](C)C[C@@H]2[C@H]3C=C(C)C4=CC(=O)CC[C@]4(C)[C@@H]3CC[C@@]21C. The van der Waals surface area contributed by atoms with Crippen LogP contribution in [0.4, 0.5) is 0 Å². The fraction of sp³-hybridized carbons (Fsp3) is 0.720. The Hall–Kier alpha value is -1.71. The summed E-state index contributed by atoms with van der Waals surface area (Å²) in [6.45, 7) is 11.7. The first-order chi connectivity index (χ1) is 13.5. The van der Waals surface area contributed by atoms with Crippen LogP contribution in [-0.2, 0) is 19.1 Å². The highest BCUT2D eigenvalue weighted by atomic mass is 16.6. The molecule has 0 N–H and O–H groups in total. The van der Waals surface area contributed by atoms with Crippen LogP contribution in [-0.4, -0.2) is 23.1 Å². The number of rotatable bonds is 2. The second-order valence-corrected chi connectivity index (χ2v) is 10.6. The van der Waals surface area contributed by atoms with Crippen molar-refractivity contribution in [1.29, 1.82) is 0 Å². The van der Waals surface area contributed by atoms with Gasteiger partial charge in [-0.1, -0.05) is 32.4 Å². The quantitative estimate of drug-likeness (QED) is 0.626. The number of ether oxygens (including phenoxy) is 1. The molecule has 0 saturated heterocycles. The first-order valence-corrected chi connectivity index (χ1v) is 11.1. The minimum atomic E-state index is -1.03. The van der Waals surface area contributed by atoms with Crippen LogP contribution in [0.2, 0.25) is 0 Å². The molecule has 158 valence electrons. The lowest BCUT2D eigenvalue weighted by molar-refractivity contribution is -0.190. The molecule has 2 saturated carbocycles. The summed E-state index contributed by atoms with van der Waals surface area (Å²) in [6, 6.07) is 0. The molecular weight excluding hydrogens is 364 g/mol. The number of Topliss-reactive ketones (excluding diaryl/α,β-unsaturated/α-hetero) is 1. The van der Waals surface area contributed by atoms with Gasteiger partial charge in [-0.25, -0.2) is 0 Å². The van der Waals surface area contributed by atoms with Gasteiger partial charge in [-0.05, 0) is 74.3 Å². The van der Waals surface area contributed by atoms with Gasteiger partial charge in [0.05, 0.1) is 0 Å². The number of ketones is 2. The lowest BCUT2D eigenvalue weighted by Gasteiger charge is -2.58. The van der Waals surface area contributed by atoms with E-state index < -0.39 is 5.60 Å². The molecule has 0 aromatic carbocycles. The van der Waals surface area contributed by atoms with E-state index in [1.165, 1.54) is 18.1 Å². The largest absolute Gasteiger partial charge is 0.450 e. The molecule has 29 heavy (non-hydrogen) atoms. The highest BCUT2D eigenvalue weighted by molar-refractivity contribution is 5.92. The second-order valence-electron chi connectivity index (χ2n) is 10.6. The van der Waals surface area contributed by atoms with Crippen LogP contribution in [0.25, 0.3) is 0 Å². The molecule has 0 spiro atoms. The molecule has 0 radical (unpaired) electrons. The summed E-state index contributed by atoms with van der Waals surface area (Å²) in [6.07, 6.45) is 8.55. The van der Waals surface area contributed by atoms with Gasteiger partial charge in [0.25, 0.3) is 0 Å². The molecule has 0 aliphatic heterocycles. The number of fused-ring (bicyclic) bond motifs is 5. The first kappa shape index (κ1) is 20.6. The summed E-state index contributed by atoms with van der Waals surface area (Å²) in [5.41, 5.74) is 1.07. The van der Waals surface area contributed by atoms with Crippen molar-refractivity contribution in [3.8, 4) is 0 Å². The predicted molar refractivity (Wildman–Crippen MR) is 111 cm³/mol. The number of esters is 1. The highest BCUT2D eigenvalue weighted by Crippen LogP contribution is 2.69. The third kappa shape index (κ3) is 2.53. The van der Waals surface area contributed by atoms with Crippen molar-refractivity contribution < 1.29 is 19.1 Å². The van der Waals surface area contributed by atoms with Gasteiger partial charge in [0, 0.05) is 24.7 Å². The van der Waals surface area contributed by atoms with Crippen molar-refractivity contribution in [1.82, 2.24) is 0 Å². The van der Waals surface area contributed by atoms with Gasteiger partial charge in [-0.15, -0.1) is 0 Å². The highest BCUT2D eigenvalue weighted by Gasteiger charge is 2.70. The van der Waals surface area contributed by atoms with Gasteiger partial charge >= 0.3 is 5.97 Å². The molecule has 0 aromatic rings. The fourth-order valence-electron chi connectivity index (χ4n) is 8.01. The van der Waals surface area contributed by atoms with E-state index in [1.807, 2.05) is 6.08 Å². The van der Waals surface area contributed by atoms with Crippen LogP contribution in [0.1, 0.15) is 73.6 Å². The number of allylic oxidation sites excluding steroid dienone is 4. The minimum Gasteiger partial charge on any atom is -0.450 e. The van der Waals surface area contributed by atoms with Gasteiger partial charge in [0.1, 0.15) is 0 Å². The summed E-state index contributed by atoms with van der Waals surface area (Å²) in [5.74, 6) is 0.975. The third-order valence-corrected chi connectivity index (χ3v) is 9.20. The lowest BCUT2D eigenvalue weighted by Crippen LogP contribution is -2.59.